The monoisotopic (exact) mass is 512 g/mol. The van der Waals surface area contributed by atoms with E-state index in [1.54, 1.807) is 0 Å². The summed E-state index contributed by atoms with van der Waals surface area (Å²) in [6, 6.07) is 0. The van der Waals surface area contributed by atoms with Crippen LogP contribution in [0.25, 0.3) is 0 Å². The zero-order valence-electron chi connectivity index (χ0n) is 15.0. The van der Waals surface area contributed by atoms with Gasteiger partial charge in [0.25, 0.3) is 0 Å². The number of rotatable bonds is 11. The third-order valence-corrected chi connectivity index (χ3v) is 5.30. The Labute approximate surface area is 165 Å². The normalized spacial score (nSPS) is 15.2. The Morgan fingerprint density at radius 2 is 1.13 bits per heavy atom. The Kier molecular flexibility index (Phi) is 8.38. The van der Waals surface area contributed by atoms with Gasteiger partial charge >= 0.3 is 41.8 Å². The molecule has 0 atom stereocenters. The van der Waals surface area contributed by atoms with Crippen LogP contribution in [0.2, 0.25) is 0 Å². The SMILES string of the molecule is CCOC(=O)CCS(=O)(=O)CCC(F)(F)C(F)(F)C(F)(F)C(F)(F)C(F)(F)C(F)(F)F. The summed E-state index contributed by atoms with van der Waals surface area (Å²) >= 11 is 0. The average Bonchev–Trinajstić information content (AvgIpc) is 2.57. The summed E-state index contributed by atoms with van der Waals surface area (Å²) < 4.78 is 195. The van der Waals surface area contributed by atoms with Crippen LogP contribution in [0.15, 0.2) is 0 Å². The highest BCUT2D eigenvalue weighted by Crippen LogP contribution is 2.60. The first-order valence-electron chi connectivity index (χ1n) is 7.73. The maximum absolute atomic E-state index is 13.5. The van der Waals surface area contributed by atoms with Crippen molar-refractivity contribution in [2.24, 2.45) is 0 Å². The molecule has 186 valence electrons. The summed E-state index contributed by atoms with van der Waals surface area (Å²) in [5, 5.41) is 0. The highest BCUT2D eigenvalue weighted by atomic mass is 32.2. The molecule has 18 heteroatoms. The topological polar surface area (TPSA) is 60.4 Å². The Morgan fingerprint density at radius 1 is 0.710 bits per heavy atom. The van der Waals surface area contributed by atoms with E-state index in [4.69, 9.17) is 0 Å². The summed E-state index contributed by atoms with van der Waals surface area (Å²) in [6.07, 6.45) is -11.4. The second-order valence-electron chi connectivity index (χ2n) is 5.96. The molecule has 0 aliphatic heterocycles. The molecule has 31 heavy (non-hydrogen) atoms. The molecule has 0 aromatic carbocycles. The highest BCUT2D eigenvalue weighted by molar-refractivity contribution is 7.91. The largest absolute Gasteiger partial charge is 0.466 e. The summed E-state index contributed by atoms with van der Waals surface area (Å²) in [7, 11) is -4.90. The molecule has 0 saturated heterocycles. The fourth-order valence-corrected chi connectivity index (χ4v) is 3.07. The molecular weight excluding hydrogens is 499 g/mol. The van der Waals surface area contributed by atoms with Gasteiger partial charge in [0.05, 0.1) is 24.5 Å². The predicted molar refractivity (Wildman–Crippen MR) is 75.3 cm³/mol. The van der Waals surface area contributed by atoms with Gasteiger partial charge in [-0.2, -0.15) is 57.1 Å². The molecule has 0 amide bonds. The summed E-state index contributed by atoms with van der Waals surface area (Å²) in [4.78, 5) is 11.0. The van der Waals surface area contributed by atoms with E-state index in [9.17, 15) is 70.3 Å². The molecule has 0 bridgehead atoms. The van der Waals surface area contributed by atoms with Gasteiger partial charge < -0.3 is 4.74 Å². The summed E-state index contributed by atoms with van der Waals surface area (Å²) in [5.74, 6) is -42.6. The number of alkyl halides is 13. The van der Waals surface area contributed by atoms with Crippen LogP contribution in [0.1, 0.15) is 19.8 Å². The van der Waals surface area contributed by atoms with E-state index in [1.807, 2.05) is 0 Å². The van der Waals surface area contributed by atoms with E-state index in [-0.39, 0.29) is 6.61 Å². The number of carbonyl (C=O) groups excluding carboxylic acids is 1. The number of halogens is 13. The number of ether oxygens (including phenoxy) is 1. The smallest absolute Gasteiger partial charge is 0.460 e. The maximum Gasteiger partial charge on any atom is 0.460 e. The lowest BCUT2D eigenvalue weighted by molar-refractivity contribution is -0.439. The van der Waals surface area contributed by atoms with Crippen molar-refractivity contribution < 1.29 is 75.0 Å². The van der Waals surface area contributed by atoms with E-state index in [1.165, 1.54) is 6.92 Å². The second kappa shape index (κ2) is 8.80. The lowest BCUT2D eigenvalue weighted by atomic mass is 9.93. The molecule has 0 unspecified atom stereocenters. The minimum Gasteiger partial charge on any atom is -0.466 e. The van der Waals surface area contributed by atoms with Crippen LogP contribution >= 0.6 is 0 Å². The van der Waals surface area contributed by atoms with Crippen molar-refractivity contribution in [2.45, 2.75) is 55.6 Å². The third kappa shape index (κ3) is 5.66. The zero-order valence-corrected chi connectivity index (χ0v) is 15.8. The van der Waals surface area contributed by atoms with Crippen LogP contribution in [0, 0.1) is 0 Å². The van der Waals surface area contributed by atoms with Crippen molar-refractivity contribution >= 4 is 15.8 Å². The van der Waals surface area contributed by atoms with E-state index in [0.717, 1.165) is 0 Å². The number of hydrogen-bond donors (Lipinski definition) is 0. The van der Waals surface area contributed by atoms with Crippen molar-refractivity contribution in [1.82, 2.24) is 0 Å². The van der Waals surface area contributed by atoms with Crippen molar-refractivity contribution in [3.63, 3.8) is 0 Å². The Balaban J connectivity index is 5.75. The molecule has 0 fully saturated rings. The van der Waals surface area contributed by atoms with Gasteiger partial charge in [-0.15, -0.1) is 0 Å². The van der Waals surface area contributed by atoms with E-state index >= 15 is 0 Å². The van der Waals surface area contributed by atoms with Gasteiger partial charge in [0, 0.05) is 6.42 Å². The molecule has 0 aromatic rings. The third-order valence-electron chi connectivity index (χ3n) is 3.65. The molecule has 0 N–H and O–H groups in total. The van der Waals surface area contributed by atoms with Gasteiger partial charge in [0.1, 0.15) is 0 Å². The summed E-state index contributed by atoms with van der Waals surface area (Å²) in [5.41, 5.74) is 0. The first-order chi connectivity index (χ1) is 13.4. The minimum absolute atomic E-state index is 0.241. The minimum atomic E-state index is -8.05. The van der Waals surface area contributed by atoms with E-state index < -0.39 is 75.9 Å². The van der Waals surface area contributed by atoms with Crippen LogP contribution in [-0.2, 0) is 19.4 Å². The Morgan fingerprint density at radius 3 is 1.52 bits per heavy atom. The van der Waals surface area contributed by atoms with E-state index in [0.29, 0.717) is 0 Å². The fraction of sp³-hybridized carbons (Fsp3) is 0.923. The Bertz CT molecular complexity index is 743. The number of sulfone groups is 1. The lowest BCUT2D eigenvalue weighted by Gasteiger charge is -2.39. The van der Waals surface area contributed by atoms with Gasteiger partial charge in [0.2, 0.25) is 0 Å². The zero-order chi connectivity index (χ0) is 25.3. The molecule has 0 aromatic heterocycles. The van der Waals surface area contributed by atoms with Crippen molar-refractivity contribution in [2.75, 3.05) is 18.1 Å². The molecule has 0 saturated carbocycles. The van der Waals surface area contributed by atoms with Gasteiger partial charge in [-0.1, -0.05) is 0 Å². The van der Waals surface area contributed by atoms with Crippen molar-refractivity contribution in [3.8, 4) is 0 Å². The van der Waals surface area contributed by atoms with Crippen LogP contribution in [0.4, 0.5) is 57.1 Å². The molecule has 4 nitrogen and oxygen atoms in total. The van der Waals surface area contributed by atoms with Crippen molar-refractivity contribution in [3.05, 3.63) is 0 Å². The number of carbonyl (C=O) groups is 1. The molecule has 0 aliphatic rings. The molecule has 0 heterocycles. The number of esters is 1. The average molecular weight is 512 g/mol. The van der Waals surface area contributed by atoms with Crippen molar-refractivity contribution in [1.29, 1.82) is 0 Å². The van der Waals surface area contributed by atoms with Gasteiger partial charge in [0.15, 0.2) is 9.84 Å². The van der Waals surface area contributed by atoms with Crippen LogP contribution in [-0.4, -0.2) is 68.3 Å². The molecule has 0 aliphatic carbocycles. The fourth-order valence-electron chi connectivity index (χ4n) is 1.82. The first kappa shape index (κ1) is 29.5. The second-order valence-corrected chi connectivity index (χ2v) is 8.26. The van der Waals surface area contributed by atoms with E-state index in [2.05, 4.69) is 4.74 Å². The highest BCUT2D eigenvalue weighted by Gasteiger charge is 2.90. The number of hydrogen-bond acceptors (Lipinski definition) is 4. The maximum atomic E-state index is 13.5. The molecule has 0 radical (unpaired) electrons. The van der Waals surface area contributed by atoms with Gasteiger partial charge in [-0.3, -0.25) is 4.79 Å². The van der Waals surface area contributed by atoms with Crippen LogP contribution in [0.5, 0.6) is 0 Å². The molecular formula is C13H13F13O4S. The predicted octanol–water partition coefficient (Wildman–Crippen LogP) is 4.48. The Hall–Kier alpha value is -1.49. The van der Waals surface area contributed by atoms with Gasteiger partial charge in [-0.25, -0.2) is 8.42 Å². The van der Waals surface area contributed by atoms with Crippen LogP contribution < -0.4 is 0 Å². The quantitative estimate of drug-likeness (QED) is 0.303. The molecule has 0 rings (SSSR count). The summed E-state index contributed by atoms with van der Waals surface area (Å²) in [6.45, 7) is 1.04. The molecule has 0 spiro atoms. The first-order valence-corrected chi connectivity index (χ1v) is 9.55. The van der Waals surface area contributed by atoms with Crippen LogP contribution in [0.3, 0.4) is 0 Å². The standard InChI is InChI=1S/C13H13F13O4S/c1-2-30-7(27)3-5-31(28,29)6-4-8(14,15)9(16,17)10(18,19)11(20,21)12(22,23)13(24,25)26/h2-6H2,1H3. The lowest BCUT2D eigenvalue weighted by Crippen LogP contribution is -2.70. The van der Waals surface area contributed by atoms with Gasteiger partial charge in [-0.05, 0) is 6.92 Å².